The first kappa shape index (κ1) is 14.0. The van der Waals surface area contributed by atoms with E-state index in [4.69, 9.17) is 9.47 Å². The van der Waals surface area contributed by atoms with Crippen molar-refractivity contribution in [2.75, 3.05) is 26.3 Å². The van der Waals surface area contributed by atoms with Crippen LogP contribution in [0.5, 0.6) is 5.75 Å². The number of hydrogen-bond acceptors (Lipinski definition) is 3. The summed E-state index contributed by atoms with van der Waals surface area (Å²) >= 11 is 0. The first-order valence-electron chi connectivity index (χ1n) is 8.27. The molecule has 2 aromatic carbocycles. The molecule has 0 radical (unpaired) electrons. The second kappa shape index (κ2) is 5.90. The molecule has 0 N–H and O–H groups in total. The molecule has 3 fully saturated rings. The lowest BCUT2D eigenvalue weighted by Gasteiger charge is -2.45. The Balaban J connectivity index is 1.40. The Morgan fingerprint density at radius 1 is 1.18 bits per heavy atom. The summed E-state index contributed by atoms with van der Waals surface area (Å²) in [5.41, 5.74) is 1.21. The van der Waals surface area contributed by atoms with Crippen LogP contribution in [0.3, 0.4) is 0 Å². The van der Waals surface area contributed by atoms with Crippen molar-refractivity contribution >= 4 is 10.8 Å². The lowest BCUT2D eigenvalue weighted by molar-refractivity contribution is -0.107. The standard InChI is InChI=1S/C19H23NO2/c1-14-10-15-4-2-3-5-16(15)11-19(14)21-9-8-20-12-18-7-6-17(20)13-22-18/h2-5,10-11,17-18H,6-9,12-13H2,1H3. The lowest BCUT2D eigenvalue weighted by atomic mass is 9.97. The van der Waals surface area contributed by atoms with E-state index in [-0.39, 0.29) is 0 Å². The fourth-order valence-electron chi connectivity index (χ4n) is 3.67. The smallest absolute Gasteiger partial charge is 0.122 e. The number of morpholine rings is 1. The van der Waals surface area contributed by atoms with Crippen LogP contribution in [0.25, 0.3) is 10.8 Å². The molecule has 2 aromatic rings. The average Bonchev–Trinajstić information content (AvgIpc) is 2.56. The van der Waals surface area contributed by atoms with Gasteiger partial charge in [0.05, 0.1) is 12.7 Å². The van der Waals surface area contributed by atoms with Gasteiger partial charge < -0.3 is 9.47 Å². The molecular formula is C19H23NO2. The predicted octanol–water partition coefficient (Wildman–Crippen LogP) is 3.39. The number of rotatable bonds is 4. The minimum absolute atomic E-state index is 0.451. The molecule has 22 heavy (non-hydrogen) atoms. The molecular weight excluding hydrogens is 274 g/mol. The summed E-state index contributed by atoms with van der Waals surface area (Å²) in [6.45, 7) is 5.85. The molecule has 2 atom stereocenters. The minimum Gasteiger partial charge on any atom is -0.492 e. The Labute approximate surface area is 131 Å². The van der Waals surface area contributed by atoms with E-state index in [0.29, 0.717) is 12.1 Å². The summed E-state index contributed by atoms with van der Waals surface area (Å²) in [5, 5.41) is 2.52. The number of hydrogen-bond donors (Lipinski definition) is 0. The molecule has 0 saturated carbocycles. The van der Waals surface area contributed by atoms with Crippen molar-refractivity contribution in [3.8, 4) is 5.75 Å². The number of fused-ring (bicyclic) bond motifs is 4. The number of aryl methyl sites for hydroxylation is 1. The Bertz CT molecular complexity index is 662. The highest BCUT2D eigenvalue weighted by Crippen LogP contribution is 2.27. The first-order chi connectivity index (χ1) is 10.8. The second-order valence-corrected chi connectivity index (χ2v) is 6.49. The zero-order valence-electron chi connectivity index (χ0n) is 13.1. The molecule has 116 valence electrons. The van der Waals surface area contributed by atoms with Gasteiger partial charge in [-0.3, -0.25) is 4.90 Å². The maximum Gasteiger partial charge on any atom is 0.122 e. The van der Waals surface area contributed by atoms with Crippen LogP contribution in [0, 0.1) is 6.92 Å². The van der Waals surface area contributed by atoms with Gasteiger partial charge in [0, 0.05) is 19.1 Å². The molecule has 3 saturated heterocycles. The summed E-state index contributed by atoms with van der Waals surface area (Å²) in [5.74, 6) is 1.01. The van der Waals surface area contributed by atoms with Gasteiger partial charge in [0.2, 0.25) is 0 Å². The van der Waals surface area contributed by atoms with E-state index in [9.17, 15) is 0 Å². The van der Waals surface area contributed by atoms with Crippen LogP contribution in [0.1, 0.15) is 18.4 Å². The molecule has 3 heteroatoms. The van der Waals surface area contributed by atoms with Crippen molar-refractivity contribution in [2.45, 2.75) is 31.9 Å². The largest absolute Gasteiger partial charge is 0.492 e. The summed E-state index contributed by atoms with van der Waals surface area (Å²) in [7, 11) is 0. The average molecular weight is 297 g/mol. The maximum absolute atomic E-state index is 6.07. The van der Waals surface area contributed by atoms with Gasteiger partial charge in [-0.1, -0.05) is 24.3 Å². The van der Waals surface area contributed by atoms with Gasteiger partial charge in [-0.25, -0.2) is 0 Å². The summed E-state index contributed by atoms with van der Waals surface area (Å²) < 4.78 is 11.8. The summed E-state index contributed by atoms with van der Waals surface area (Å²) in [6, 6.07) is 13.4. The molecule has 0 aliphatic carbocycles. The lowest BCUT2D eigenvalue weighted by Crippen LogP contribution is -2.55. The van der Waals surface area contributed by atoms with Crippen molar-refractivity contribution in [2.24, 2.45) is 0 Å². The van der Waals surface area contributed by atoms with E-state index in [1.54, 1.807) is 0 Å². The molecule has 0 spiro atoms. The van der Waals surface area contributed by atoms with E-state index in [2.05, 4.69) is 48.2 Å². The number of nitrogens with zero attached hydrogens (tertiary/aromatic N) is 1. The molecule has 3 aliphatic rings. The van der Waals surface area contributed by atoms with Gasteiger partial charge in [-0.2, -0.15) is 0 Å². The fraction of sp³-hybridized carbons (Fsp3) is 0.474. The van der Waals surface area contributed by atoms with Crippen molar-refractivity contribution in [3.05, 3.63) is 42.0 Å². The van der Waals surface area contributed by atoms with Crippen LogP contribution >= 0.6 is 0 Å². The van der Waals surface area contributed by atoms with E-state index in [1.807, 2.05) is 0 Å². The highest BCUT2D eigenvalue weighted by Gasteiger charge is 2.34. The van der Waals surface area contributed by atoms with Crippen molar-refractivity contribution < 1.29 is 9.47 Å². The van der Waals surface area contributed by atoms with Crippen LogP contribution in [0.4, 0.5) is 0 Å². The molecule has 3 nitrogen and oxygen atoms in total. The van der Waals surface area contributed by atoms with Gasteiger partial charge in [0.25, 0.3) is 0 Å². The fourth-order valence-corrected chi connectivity index (χ4v) is 3.67. The summed E-state index contributed by atoms with van der Waals surface area (Å²) in [4.78, 5) is 2.54. The molecule has 0 amide bonds. The third-order valence-corrected chi connectivity index (χ3v) is 4.98. The van der Waals surface area contributed by atoms with E-state index < -0.39 is 0 Å². The molecule has 2 bridgehead atoms. The minimum atomic E-state index is 0.451. The Kier molecular flexibility index (Phi) is 3.77. The van der Waals surface area contributed by atoms with E-state index in [0.717, 1.165) is 32.1 Å². The third-order valence-electron chi connectivity index (χ3n) is 4.98. The molecule has 2 unspecified atom stereocenters. The van der Waals surface area contributed by atoms with E-state index >= 15 is 0 Å². The normalized spacial score (nSPS) is 24.8. The monoisotopic (exact) mass is 297 g/mol. The Morgan fingerprint density at radius 3 is 2.68 bits per heavy atom. The topological polar surface area (TPSA) is 21.7 Å². The summed E-state index contributed by atoms with van der Waals surface area (Å²) in [6.07, 6.45) is 2.96. The van der Waals surface area contributed by atoms with E-state index in [1.165, 1.54) is 29.2 Å². The highest BCUT2D eigenvalue weighted by atomic mass is 16.5. The van der Waals surface area contributed by atoms with Crippen LogP contribution in [0.2, 0.25) is 0 Å². The zero-order chi connectivity index (χ0) is 14.9. The first-order valence-corrected chi connectivity index (χ1v) is 8.27. The second-order valence-electron chi connectivity index (χ2n) is 6.49. The quantitative estimate of drug-likeness (QED) is 0.863. The van der Waals surface area contributed by atoms with Gasteiger partial charge in [0.15, 0.2) is 0 Å². The maximum atomic E-state index is 6.07. The molecule has 3 aliphatic heterocycles. The zero-order valence-corrected chi connectivity index (χ0v) is 13.1. The number of piperidine rings is 1. The van der Waals surface area contributed by atoms with Gasteiger partial charge in [-0.15, -0.1) is 0 Å². The van der Waals surface area contributed by atoms with Gasteiger partial charge in [0.1, 0.15) is 12.4 Å². The third kappa shape index (κ3) is 2.71. The van der Waals surface area contributed by atoms with Crippen LogP contribution in [-0.4, -0.2) is 43.3 Å². The molecule has 5 rings (SSSR count). The number of ether oxygens (including phenoxy) is 2. The van der Waals surface area contributed by atoms with Gasteiger partial charge in [-0.05, 0) is 48.2 Å². The van der Waals surface area contributed by atoms with Crippen molar-refractivity contribution in [1.29, 1.82) is 0 Å². The predicted molar refractivity (Wildman–Crippen MR) is 88.5 cm³/mol. The Morgan fingerprint density at radius 2 is 2.00 bits per heavy atom. The number of benzene rings is 2. The molecule has 0 aromatic heterocycles. The van der Waals surface area contributed by atoms with Crippen LogP contribution in [-0.2, 0) is 4.74 Å². The van der Waals surface area contributed by atoms with Crippen molar-refractivity contribution in [1.82, 2.24) is 4.90 Å². The Hall–Kier alpha value is -1.58. The van der Waals surface area contributed by atoms with Crippen molar-refractivity contribution in [3.63, 3.8) is 0 Å². The highest BCUT2D eigenvalue weighted by molar-refractivity contribution is 5.84. The van der Waals surface area contributed by atoms with Crippen LogP contribution < -0.4 is 4.74 Å². The van der Waals surface area contributed by atoms with Gasteiger partial charge >= 0.3 is 0 Å². The molecule has 3 heterocycles. The SMILES string of the molecule is Cc1cc2ccccc2cc1OCCN1CC2CCC1CO2. The van der Waals surface area contributed by atoms with Crippen LogP contribution in [0.15, 0.2) is 36.4 Å².